The molecule has 0 N–H and O–H groups in total. The van der Waals surface area contributed by atoms with E-state index in [4.69, 9.17) is 23.5 Å². The molecule has 25 heavy (non-hydrogen) atoms. The van der Waals surface area contributed by atoms with Crippen LogP contribution in [0.25, 0.3) is 22.0 Å². The number of carbonyl (C=O) groups is 1. The number of rotatable bonds is 2. The predicted octanol–water partition coefficient (Wildman–Crippen LogP) is 5.88. The van der Waals surface area contributed by atoms with Crippen molar-refractivity contribution in [2.24, 2.45) is 0 Å². The number of benzene rings is 2. The highest BCUT2D eigenvalue weighted by molar-refractivity contribution is 6.35. The monoisotopic (exact) mass is 385 g/mol. The Kier molecular flexibility index (Phi) is 4.58. The van der Waals surface area contributed by atoms with Gasteiger partial charge in [0.15, 0.2) is 5.69 Å². The maximum atomic E-state index is 12.9. The second-order valence-corrected chi connectivity index (χ2v) is 5.73. The Hall–Kier alpha value is -2.31. The van der Waals surface area contributed by atoms with Gasteiger partial charge in [0.05, 0.1) is 16.1 Å². The molecule has 0 fully saturated rings. The lowest BCUT2D eigenvalue weighted by Crippen LogP contribution is -2.04. The second-order valence-electron chi connectivity index (χ2n) is 5.16. The van der Waals surface area contributed by atoms with Crippen molar-refractivity contribution in [2.45, 2.75) is 6.18 Å². The minimum Gasteiger partial charge on any atom is -0.342 e. The number of hydrogen-bond acceptors (Lipinski definition) is 3. The van der Waals surface area contributed by atoms with Crippen LogP contribution in [0.3, 0.4) is 0 Å². The van der Waals surface area contributed by atoms with Gasteiger partial charge in [-0.15, -0.1) is 0 Å². The summed E-state index contributed by atoms with van der Waals surface area (Å²) in [6, 6.07) is 11.0. The minimum absolute atomic E-state index is 0.0701. The smallest absolute Gasteiger partial charge is 0.342 e. The van der Waals surface area contributed by atoms with Crippen molar-refractivity contribution >= 4 is 40.3 Å². The number of alkyl halides is 3. The summed E-state index contributed by atoms with van der Waals surface area (Å²) in [6.07, 6.45) is -4.43. The first-order chi connectivity index (χ1) is 11.8. The highest BCUT2D eigenvalue weighted by atomic mass is 35.5. The standard InChI is InChI=1S/C17H8Cl2F3NO2/c18-13-8-15(16(24)25-19)23-14-5-4-10(7-12(13)14)9-2-1-3-11(6-9)17(20,21)22/h1-8H. The molecule has 1 heterocycles. The molecule has 0 bridgehead atoms. The van der Waals surface area contributed by atoms with E-state index in [1.807, 2.05) is 0 Å². The van der Waals surface area contributed by atoms with Crippen LogP contribution in [-0.4, -0.2) is 11.0 Å². The molecule has 0 radical (unpaired) electrons. The van der Waals surface area contributed by atoms with Crippen molar-refractivity contribution in [3.8, 4) is 11.1 Å². The van der Waals surface area contributed by atoms with Crippen LogP contribution in [0, 0.1) is 0 Å². The van der Waals surface area contributed by atoms with E-state index in [0.717, 1.165) is 12.1 Å². The van der Waals surface area contributed by atoms with Crippen LogP contribution >= 0.6 is 23.5 Å². The van der Waals surface area contributed by atoms with Crippen LogP contribution in [0.2, 0.25) is 5.02 Å². The third-order valence-electron chi connectivity index (χ3n) is 3.56. The molecule has 0 amide bonds. The molecule has 0 aliphatic carbocycles. The Morgan fingerprint density at radius 2 is 1.76 bits per heavy atom. The maximum Gasteiger partial charge on any atom is 0.416 e. The topological polar surface area (TPSA) is 39.2 Å². The van der Waals surface area contributed by atoms with E-state index in [1.54, 1.807) is 24.3 Å². The van der Waals surface area contributed by atoms with Crippen molar-refractivity contribution in [1.29, 1.82) is 0 Å². The molecule has 0 aliphatic rings. The Morgan fingerprint density at radius 3 is 2.44 bits per heavy atom. The first-order valence-electron chi connectivity index (χ1n) is 6.90. The lowest BCUT2D eigenvalue weighted by Gasteiger charge is -2.10. The van der Waals surface area contributed by atoms with Gasteiger partial charge in [-0.1, -0.05) is 29.8 Å². The Bertz CT molecular complexity index is 974. The first kappa shape index (κ1) is 17.5. The zero-order chi connectivity index (χ0) is 18.2. The van der Waals surface area contributed by atoms with Crippen molar-refractivity contribution in [3.63, 3.8) is 0 Å². The minimum atomic E-state index is -4.43. The van der Waals surface area contributed by atoms with E-state index in [-0.39, 0.29) is 10.7 Å². The molecule has 0 spiro atoms. The summed E-state index contributed by atoms with van der Waals surface area (Å²) in [7, 11) is 0. The average molecular weight is 386 g/mol. The van der Waals surface area contributed by atoms with Crippen LogP contribution < -0.4 is 0 Å². The van der Waals surface area contributed by atoms with Crippen molar-refractivity contribution in [2.75, 3.05) is 0 Å². The number of fused-ring (bicyclic) bond motifs is 1. The summed E-state index contributed by atoms with van der Waals surface area (Å²) >= 11 is 11.2. The van der Waals surface area contributed by atoms with E-state index in [9.17, 15) is 18.0 Å². The fourth-order valence-corrected chi connectivity index (χ4v) is 2.72. The van der Waals surface area contributed by atoms with Crippen LogP contribution in [0.1, 0.15) is 16.1 Å². The third-order valence-corrected chi connectivity index (χ3v) is 4.01. The molecule has 3 aromatic rings. The summed E-state index contributed by atoms with van der Waals surface area (Å²) < 4.78 is 42.7. The van der Waals surface area contributed by atoms with Gasteiger partial charge in [0.25, 0.3) is 0 Å². The van der Waals surface area contributed by atoms with Gasteiger partial charge in [-0.2, -0.15) is 13.2 Å². The lowest BCUT2D eigenvalue weighted by atomic mass is 10.0. The molecule has 1 aromatic heterocycles. The molecule has 0 unspecified atom stereocenters. The summed E-state index contributed by atoms with van der Waals surface area (Å²) in [6.45, 7) is 0. The summed E-state index contributed by atoms with van der Waals surface area (Å²) in [5, 5.41) is 0.693. The van der Waals surface area contributed by atoms with Gasteiger partial charge in [0.1, 0.15) is 11.9 Å². The molecule has 0 saturated heterocycles. The van der Waals surface area contributed by atoms with Gasteiger partial charge >= 0.3 is 12.1 Å². The number of halogens is 5. The highest BCUT2D eigenvalue weighted by Crippen LogP contribution is 2.34. The molecule has 3 nitrogen and oxygen atoms in total. The Labute approximate surface area is 150 Å². The summed E-state index contributed by atoms with van der Waals surface area (Å²) in [4.78, 5) is 15.5. The highest BCUT2D eigenvalue weighted by Gasteiger charge is 2.30. The SMILES string of the molecule is O=C(OCl)c1cc(Cl)c2cc(-c3cccc(C(F)(F)F)c3)ccc2n1. The van der Waals surface area contributed by atoms with Crippen LogP contribution in [0.4, 0.5) is 13.2 Å². The van der Waals surface area contributed by atoms with Crippen LogP contribution in [-0.2, 0) is 10.5 Å². The van der Waals surface area contributed by atoms with Crippen molar-refractivity contribution in [3.05, 3.63) is 64.8 Å². The zero-order valence-electron chi connectivity index (χ0n) is 12.3. The van der Waals surface area contributed by atoms with E-state index in [1.165, 1.54) is 12.1 Å². The summed E-state index contributed by atoms with van der Waals surface area (Å²) in [5.41, 5.74) is 0.501. The quantitative estimate of drug-likeness (QED) is 0.552. The second kappa shape index (κ2) is 6.54. The summed E-state index contributed by atoms with van der Waals surface area (Å²) in [5.74, 6) is -0.854. The van der Waals surface area contributed by atoms with Gasteiger partial charge in [0.2, 0.25) is 0 Å². The van der Waals surface area contributed by atoms with Crippen molar-refractivity contribution < 1.29 is 22.3 Å². The van der Waals surface area contributed by atoms with Crippen LogP contribution in [0.15, 0.2) is 48.5 Å². The molecule has 0 atom stereocenters. The van der Waals surface area contributed by atoms with Crippen molar-refractivity contribution in [1.82, 2.24) is 4.98 Å². The van der Waals surface area contributed by atoms with Gasteiger partial charge in [-0.05, 0) is 41.5 Å². The molecule has 0 saturated carbocycles. The normalized spacial score (nSPS) is 11.6. The lowest BCUT2D eigenvalue weighted by molar-refractivity contribution is -0.137. The van der Waals surface area contributed by atoms with E-state index in [0.29, 0.717) is 22.0 Å². The fourth-order valence-electron chi connectivity index (χ4n) is 2.38. The van der Waals surface area contributed by atoms with Gasteiger partial charge in [-0.3, -0.25) is 0 Å². The zero-order valence-corrected chi connectivity index (χ0v) is 13.8. The molecule has 8 heteroatoms. The first-order valence-corrected chi connectivity index (χ1v) is 7.59. The van der Waals surface area contributed by atoms with E-state index >= 15 is 0 Å². The van der Waals surface area contributed by atoms with Crippen LogP contribution in [0.5, 0.6) is 0 Å². The Morgan fingerprint density at radius 1 is 1.04 bits per heavy atom. The van der Waals surface area contributed by atoms with Gasteiger partial charge in [-0.25, -0.2) is 9.78 Å². The largest absolute Gasteiger partial charge is 0.416 e. The fraction of sp³-hybridized carbons (Fsp3) is 0.0588. The number of hydrogen-bond donors (Lipinski definition) is 0. The number of aromatic nitrogens is 1. The predicted molar refractivity (Wildman–Crippen MR) is 88.5 cm³/mol. The molecular weight excluding hydrogens is 378 g/mol. The van der Waals surface area contributed by atoms with Gasteiger partial charge in [0, 0.05) is 5.39 Å². The molecule has 3 rings (SSSR count). The number of carbonyl (C=O) groups excluding carboxylic acids is 1. The number of pyridine rings is 1. The van der Waals surface area contributed by atoms with Gasteiger partial charge < -0.3 is 4.29 Å². The molecular formula is C17H8Cl2F3NO2. The van der Waals surface area contributed by atoms with E-state index in [2.05, 4.69) is 9.27 Å². The maximum absolute atomic E-state index is 12.9. The molecule has 128 valence electrons. The Balaban J connectivity index is 2.11. The molecule has 0 aliphatic heterocycles. The molecule has 2 aromatic carbocycles. The average Bonchev–Trinajstić information content (AvgIpc) is 2.60. The third kappa shape index (κ3) is 3.55. The number of nitrogens with zero attached hydrogens (tertiary/aromatic N) is 1. The van der Waals surface area contributed by atoms with E-state index < -0.39 is 17.7 Å².